The van der Waals surface area contributed by atoms with Crippen molar-refractivity contribution in [3.63, 3.8) is 0 Å². The summed E-state index contributed by atoms with van der Waals surface area (Å²) in [5.74, 6) is 1.79. The van der Waals surface area contributed by atoms with E-state index in [-0.39, 0.29) is 0 Å². The van der Waals surface area contributed by atoms with Gasteiger partial charge in [0, 0.05) is 54.7 Å². The van der Waals surface area contributed by atoms with E-state index < -0.39 is 0 Å². The second kappa shape index (κ2) is 12.3. The zero-order valence-electron chi connectivity index (χ0n) is 30.5. The lowest BCUT2D eigenvalue weighted by Crippen LogP contribution is -2.06. The molecule has 0 spiro atoms. The monoisotopic (exact) mass is 729 g/mol. The van der Waals surface area contributed by atoms with Crippen molar-refractivity contribution in [2.24, 2.45) is 0 Å². The van der Waals surface area contributed by atoms with E-state index in [1.54, 1.807) is 0 Å². The number of hydrogen-bond donors (Lipinski definition) is 0. The maximum atomic E-state index is 6.57. The smallest absolute Gasteiger partial charge is 0.238 e. The Hall–Kier alpha value is -7.83. The second-order valence-corrected chi connectivity index (χ2v) is 14.4. The predicted octanol–water partition coefficient (Wildman–Crippen LogP) is 13.0. The molecule has 0 aliphatic heterocycles. The maximum absolute atomic E-state index is 6.57. The molecule has 0 aliphatic carbocycles. The lowest BCUT2D eigenvalue weighted by atomic mass is 10.0. The van der Waals surface area contributed by atoms with Gasteiger partial charge in [-0.25, -0.2) is 4.98 Å². The molecular formula is C51H31N5O. The highest BCUT2D eigenvalue weighted by Crippen LogP contribution is 2.40. The molecule has 266 valence electrons. The van der Waals surface area contributed by atoms with Crippen LogP contribution in [0.3, 0.4) is 0 Å². The van der Waals surface area contributed by atoms with Crippen molar-refractivity contribution in [3.8, 4) is 45.5 Å². The number of benzene rings is 8. The summed E-state index contributed by atoms with van der Waals surface area (Å²) in [4.78, 5) is 15.5. The average Bonchev–Trinajstić information content (AvgIpc) is 3.94. The van der Waals surface area contributed by atoms with E-state index in [9.17, 15) is 0 Å². The molecule has 0 N–H and O–H groups in total. The third-order valence-electron chi connectivity index (χ3n) is 11.2. The lowest BCUT2D eigenvalue weighted by Gasteiger charge is -2.12. The van der Waals surface area contributed by atoms with E-state index >= 15 is 0 Å². The first-order chi connectivity index (χ1) is 28.3. The number of furan rings is 1. The fourth-order valence-electron chi connectivity index (χ4n) is 8.61. The predicted molar refractivity (Wildman–Crippen MR) is 232 cm³/mol. The van der Waals surface area contributed by atoms with Gasteiger partial charge in [-0.3, -0.25) is 4.57 Å². The Kier molecular flexibility index (Phi) is 6.83. The number of aromatic nitrogens is 5. The highest BCUT2D eigenvalue weighted by molar-refractivity contribution is 6.13. The van der Waals surface area contributed by atoms with Gasteiger partial charge in [-0.05, 0) is 48.0 Å². The molecule has 0 atom stereocenters. The summed E-state index contributed by atoms with van der Waals surface area (Å²) in [6, 6.07) is 65.5. The third kappa shape index (κ3) is 4.87. The third-order valence-corrected chi connectivity index (χ3v) is 11.2. The molecule has 0 saturated carbocycles. The van der Waals surface area contributed by atoms with Crippen LogP contribution >= 0.6 is 0 Å². The highest BCUT2D eigenvalue weighted by atomic mass is 16.3. The van der Waals surface area contributed by atoms with Crippen LogP contribution in [0.5, 0.6) is 0 Å². The molecule has 4 aromatic heterocycles. The van der Waals surface area contributed by atoms with Gasteiger partial charge in [-0.2, -0.15) is 9.97 Å². The van der Waals surface area contributed by atoms with Gasteiger partial charge in [0.1, 0.15) is 11.2 Å². The van der Waals surface area contributed by atoms with Gasteiger partial charge < -0.3 is 8.98 Å². The molecule has 0 aliphatic rings. The Morgan fingerprint density at radius 2 is 0.912 bits per heavy atom. The molecular weight excluding hydrogens is 699 g/mol. The Morgan fingerprint density at radius 1 is 0.351 bits per heavy atom. The van der Waals surface area contributed by atoms with Crippen LogP contribution < -0.4 is 0 Å². The first-order valence-electron chi connectivity index (χ1n) is 19.1. The fraction of sp³-hybridized carbons (Fsp3) is 0. The van der Waals surface area contributed by atoms with Crippen molar-refractivity contribution >= 4 is 65.6 Å². The Morgan fingerprint density at radius 3 is 1.60 bits per heavy atom. The van der Waals surface area contributed by atoms with Crippen LogP contribution in [-0.2, 0) is 0 Å². The van der Waals surface area contributed by atoms with Crippen molar-refractivity contribution < 1.29 is 4.42 Å². The zero-order chi connectivity index (χ0) is 37.5. The standard InChI is InChI=1S/C51H31N5O/c1-3-14-32(15-4-1)36-21-13-22-41-42-31-35(27-29-47(42)57-48(36)41)55-43-23-10-7-20-39(43)40-28-26-34(30-46(40)55)50-52-49(33-16-5-2-6-17-33)53-51(54-50)56-44-24-11-8-18-37(44)38-19-9-12-25-45(38)56/h1-31H. The van der Waals surface area contributed by atoms with Crippen LogP contribution in [0.1, 0.15) is 0 Å². The molecule has 0 bridgehead atoms. The largest absolute Gasteiger partial charge is 0.455 e. The Bertz CT molecular complexity index is 3470. The molecule has 12 rings (SSSR count). The van der Waals surface area contributed by atoms with Gasteiger partial charge in [0.25, 0.3) is 0 Å². The van der Waals surface area contributed by atoms with Gasteiger partial charge >= 0.3 is 0 Å². The molecule has 4 heterocycles. The second-order valence-electron chi connectivity index (χ2n) is 14.4. The topological polar surface area (TPSA) is 61.7 Å². The normalized spacial score (nSPS) is 11.9. The number of fused-ring (bicyclic) bond motifs is 9. The molecule has 0 amide bonds. The van der Waals surface area contributed by atoms with E-state index in [1.165, 1.54) is 5.39 Å². The molecule has 12 aromatic rings. The van der Waals surface area contributed by atoms with Crippen LogP contribution in [0, 0.1) is 0 Å². The molecule has 0 fully saturated rings. The van der Waals surface area contributed by atoms with Crippen LogP contribution in [0.2, 0.25) is 0 Å². The number of nitrogens with zero attached hydrogens (tertiary/aromatic N) is 5. The van der Waals surface area contributed by atoms with E-state index in [4.69, 9.17) is 19.4 Å². The van der Waals surface area contributed by atoms with Crippen molar-refractivity contribution in [1.29, 1.82) is 0 Å². The Labute approximate surface area is 326 Å². The SMILES string of the molecule is c1ccc(-c2nc(-c3ccc4c5ccccc5n(-c5ccc6oc7c(-c8ccccc8)cccc7c6c5)c4c3)nc(-n3c4ccccc4c4ccccc43)n2)cc1. The fourth-order valence-corrected chi connectivity index (χ4v) is 8.61. The van der Waals surface area contributed by atoms with Crippen LogP contribution in [-0.4, -0.2) is 24.1 Å². The Balaban J connectivity index is 1.08. The highest BCUT2D eigenvalue weighted by Gasteiger charge is 2.20. The van der Waals surface area contributed by atoms with Gasteiger partial charge in [0.15, 0.2) is 11.6 Å². The molecule has 8 aromatic carbocycles. The summed E-state index contributed by atoms with van der Waals surface area (Å²) in [5, 5.41) is 6.79. The van der Waals surface area contributed by atoms with Crippen LogP contribution in [0.15, 0.2) is 192 Å². The summed E-state index contributed by atoms with van der Waals surface area (Å²) in [5.41, 5.74) is 11.1. The summed E-state index contributed by atoms with van der Waals surface area (Å²) >= 11 is 0. The van der Waals surface area contributed by atoms with Crippen molar-refractivity contribution in [1.82, 2.24) is 24.1 Å². The number of hydrogen-bond acceptors (Lipinski definition) is 4. The first kappa shape index (κ1) is 31.5. The quantitative estimate of drug-likeness (QED) is 0.177. The minimum atomic E-state index is 0.573. The minimum Gasteiger partial charge on any atom is -0.455 e. The molecule has 0 radical (unpaired) electrons. The zero-order valence-corrected chi connectivity index (χ0v) is 30.5. The average molecular weight is 730 g/mol. The van der Waals surface area contributed by atoms with E-state index in [1.807, 2.05) is 36.4 Å². The van der Waals surface area contributed by atoms with Gasteiger partial charge in [-0.1, -0.05) is 146 Å². The van der Waals surface area contributed by atoms with Crippen molar-refractivity contribution in [2.45, 2.75) is 0 Å². The van der Waals surface area contributed by atoms with Crippen LogP contribution in [0.25, 0.3) is 111 Å². The summed E-state index contributed by atoms with van der Waals surface area (Å²) in [6.07, 6.45) is 0. The van der Waals surface area contributed by atoms with Gasteiger partial charge in [0.05, 0.1) is 22.1 Å². The number of para-hydroxylation sites is 4. The maximum Gasteiger partial charge on any atom is 0.238 e. The molecule has 0 saturated heterocycles. The van der Waals surface area contributed by atoms with E-state index in [0.717, 1.165) is 88.1 Å². The molecule has 57 heavy (non-hydrogen) atoms. The minimum absolute atomic E-state index is 0.573. The van der Waals surface area contributed by atoms with E-state index in [2.05, 4.69) is 161 Å². The molecule has 6 nitrogen and oxygen atoms in total. The van der Waals surface area contributed by atoms with Crippen molar-refractivity contribution in [2.75, 3.05) is 0 Å². The summed E-state index contributed by atoms with van der Waals surface area (Å²) in [6.45, 7) is 0. The van der Waals surface area contributed by atoms with Gasteiger partial charge in [-0.15, -0.1) is 0 Å². The lowest BCUT2D eigenvalue weighted by molar-refractivity contribution is 0.670. The summed E-state index contributed by atoms with van der Waals surface area (Å²) < 4.78 is 11.1. The van der Waals surface area contributed by atoms with Crippen LogP contribution in [0.4, 0.5) is 0 Å². The molecule has 0 unspecified atom stereocenters. The summed E-state index contributed by atoms with van der Waals surface area (Å²) in [7, 11) is 0. The first-order valence-corrected chi connectivity index (χ1v) is 19.1. The van der Waals surface area contributed by atoms with Gasteiger partial charge in [0.2, 0.25) is 5.95 Å². The molecule has 6 heteroatoms. The number of rotatable bonds is 5. The van der Waals surface area contributed by atoms with Crippen molar-refractivity contribution in [3.05, 3.63) is 188 Å². The van der Waals surface area contributed by atoms with E-state index in [0.29, 0.717) is 17.6 Å².